The summed E-state index contributed by atoms with van der Waals surface area (Å²) in [5.74, 6) is 2.83. The van der Waals surface area contributed by atoms with E-state index in [-0.39, 0.29) is 5.91 Å². The number of rotatable bonds is 7. The van der Waals surface area contributed by atoms with Gasteiger partial charge in [-0.25, -0.2) is 9.97 Å². The van der Waals surface area contributed by atoms with Gasteiger partial charge in [-0.2, -0.15) is 0 Å². The molecule has 1 aliphatic heterocycles. The maximum absolute atomic E-state index is 13.1. The molecule has 5 heterocycles. The summed E-state index contributed by atoms with van der Waals surface area (Å²) in [4.78, 5) is 24.3. The molecule has 0 N–H and O–H groups in total. The molecule has 0 bridgehead atoms. The minimum Gasteiger partial charge on any atom is -0.455 e. The third-order valence-electron chi connectivity index (χ3n) is 6.69. The number of hydrogen-bond donors (Lipinski definition) is 0. The molecular formula is C29H26N4O3S2. The molecule has 5 aromatic rings. The highest BCUT2D eigenvalue weighted by Crippen LogP contribution is 2.38. The van der Waals surface area contributed by atoms with Crippen LogP contribution >= 0.6 is 23.1 Å². The molecule has 7 nitrogen and oxygen atoms in total. The van der Waals surface area contributed by atoms with Gasteiger partial charge in [-0.3, -0.25) is 4.79 Å². The number of carbonyl (C=O) groups is 1. The van der Waals surface area contributed by atoms with Crippen LogP contribution in [0.3, 0.4) is 0 Å². The Hall–Kier alpha value is -3.69. The fourth-order valence-corrected chi connectivity index (χ4v) is 6.43. The van der Waals surface area contributed by atoms with Crippen LogP contribution in [0, 0.1) is 6.92 Å². The van der Waals surface area contributed by atoms with Gasteiger partial charge in [0.2, 0.25) is 0 Å². The van der Waals surface area contributed by atoms with Crippen molar-refractivity contribution in [2.24, 2.45) is 0 Å². The molecule has 1 saturated heterocycles. The van der Waals surface area contributed by atoms with Crippen molar-refractivity contribution in [1.29, 1.82) is 0 Å². The van der Waals surface area contributed by atoms with Gasteiger partial charge >= 0.3 is 0 Å². The Morgan fingerprint density at radius 2 is 1.89 bits per heavy atom. The highest BCUT2D eigenvalue weighted by molar-refractivity contribution is 7.98. The summed E-state index contributed by atoms with van der Waals surface area (Å²) in [5.41, 5.74) is 3.67. The van der Waals surface area contributed by atoms with Gasteiger partial charge in [-0.15, -0.1) is 11.3 Å². The van der Waals surface area contributed by atoms with Crippen LogP contribution < -0.4 is 0 Å². The number of thioether (sulfide) groups is 1. The predicted octanol–water partition coefficient (Wildman–Crippen LogP) is 7.07. The molecule has 9 heteroatoms. The zero-order valence-electron chi connectivity index (χ0n) is 20.9. The normalized spacial score (nSPS) is 14.2. The van der Waals surface area contributed by atoms with E-state index in [0.717, 1.165) is 56.9 Å². The van der Waals surface area contributed by atoms with E-state index < -0.39 is 0 Å². The maximum Gasteiger partial charge on any atom is 0.289 e. The van der Waals surface area contributed by atoms with Crippen molar-refractivity contribution in [2.45, 2.75) is 36.5 Å². The number of carbonyl (C=O) groups excluding carboxylic acids is 1. The lowest BCUT2D eigenvalue weighted by molar-refractivity contribution is 0.0679. The van der Waals surface area contributed by atoms with Gasteiger partial charge in [0.05, 0.1) is 27.0 Å². The van der Waals surface area contributed by atoms with Crippen LogP contribution in [0.15, 0.2) is 86.2 Å². The van der Waals surface area contributed by atoms with Crippen molar-refractivity contribution in [1.82, 2.24) is 20.0 Å². The predicted molar refractivity (Wildman–Crippen MR) is 148 cm³/mol. The van der Waals surface area contributed by atoms with Gasteiger partial charge < -0.3 is 13.8 Å². The number of furan rings is 1. The van der Waals surface area contributed by atoms with Crippen molar-refractivity contribution in [3.05, 3.63) is 94.5 Å². The molecule has 1 amide bonds. The lowest BCUT2D eigenvalue weighted by Gasteiger charge is -2.30. The SMILES string of the molecule is Cc1onc(-c2ccccc2)c1-c1csc(C2CCN(C(=O)c3ccc(CSc4ccccn4)o3)CC2)n1. The van der Waals surface area contributed by atoms with E-state index in [1.54, 1.807) is 35.4 Å². The fourth-order valence-electron chi connectivity index (χ4n) is 4.69. The first-order valence-corrected chi connectivity index (χ1v) is 14.4. The van der Waals surface area contributed by atoms with E-state index >= 15 is 0 Å². The number of piperidine rings is 1. The minimum atomic E-state index is -0.0510. The fraction of sp³-hybridized carbons (Fsp3) is 0.241. The van der Waals surface area contributed by atoms with Crippen LogP contribution in [0.1, 0.15) is 45.8 Å². The van der Waals surface area contributed by atoms with E-state index in [0.29, 0.717) is 30.5 Å². The average Bonchev–Trinajstić information content (AvgIpc) is 3.73. The van der Waals surface area contributed by atoms with Crippen molar-refractivity contribution in [2.75, 3.05) is 13.1 Å². The molecule has 1 fully saturated rings. The smallest absolute Gasteiger partial charge is 0.289 e. The number of benzene rings is 1. The van der Waals surface area contributed by atoms with Gasteiger partial charge in [0, 0.05) is 36.1 Å². The van der Waals surface area contributed by atoms with Crippen molar-refractivity contribution >= 4 is 29.0 Å². The molecule has 0 unspecified atom stereocenters. The summed E-state index contributed by atoms with van der Waals surface area (Å²) in [5, 5.41) is 8.42. The number of pyridine rings is 1. The van der Waals surface area contributed by atoms with Crippen LogP contribution in [0.2, 0.25) is 0 Å². The maximum atomic E-state index is 13.1. The largest absolute Gasteiger partial charge is 0.455 e. The Kier molecular flexibility index (Phi) is 7.11. The first-order chi connectivity index (χ1) is 18.7. The second kappa shape index (κ2) is 11.0. The van der Waals surface area contributed by atoms with Gasteiger partial charge in [0.1, 0.15) is 17.2 Å². The monoisotopic (exact) mass is 542 g/mol. The molecule has 6 rings (SSSR count). The number of aromatic nitrogens is 3. The van der Waals surface area contributed by atoms with E-state index in [1.165, 1.54) is 0 Å². The summed E-state index contributed by atoms with van der Waals surface area (Å²) < 4.78 is 11.4. The highest BCUT2D eigenvalue weighted by Gasteiger charge is 2.28. The number of likely N-dealkylation sites (tertiary alicyclic amines) is 1. The molecule has 0 radical (unpaired) electrons. The minimum absolute atomic E-state index is 0.0510. The van der Waals surface area contributed by atoms with Crippen molar-refractivity contribution < 1.29 is 13.7 Å². The Morgan fingerprint density at radius 3 is 2.68 bits per heavy atom. The first-order valence-electron chi connectivity index (χ1n) is 12.5. The standard InChI is InChI=1S/C29H26N4O3S2/c1-19-26(27(32-36-19)20-7-3-2-4-8-20)23-18-38-28(31-23)21-12-15-33(16-13-21)29(34)24-11-10-22(35-24)17-37-25-9-5-6-14-30-25/h2-11,14,18,21H,12-13,15-17H2,1H3. The summed E-state index contributed by atoms with van der Waals surface area (Å²) in [7, 11) is 0. The molecule has 38 heavy (non-hydrogen) atoms. The molecule has 1 aliphatic rings. The summed E-state index contributed by atoms with van der Waals surface area (Å²) in [6, 6.07) is 19.5. The van der Waals surface area contributed by atoms with E-state index in [2.05, 4.69) is 15.5 Å². The van der Waals surface area contributed by atoms with Crippen molar-refractivity contribution in [3.8, 4) is 22.5 Å². The molecule has 1 aromatic carbocycles. The Bertz CT molecular complexity index is 1520. The number of amides is 1. The number of nitrogens with zero attached hydrogens (tertiary/aromatic N) is 4. The van der Waals surface area contributed by atoms with Crippen LogP contribution in [0.4, 0.5) is 0 Å². The van der Waals surface area contributed by atoms with Crippen LogP contribution in [0.25, 0.3) is 22.5 Å². The number of thiazole rings is 1. The van der Waals surface area contributed by atoms with Gasteiger partial charge in [-0.05, 0) is 44.0 Å². The van der Waals surface area contributed by atoms with Gasteiger partial charge in [0.25, 0.3) is 5.91 Å². The topological polar surface area (TPSA) is 85.3 Å². The quantitative estimate of drug-likeness (QED) is 0.203. The third kappa shape index (κ3) is 5.16. The lowest BCUT2D eigenvalue weighted by atomic mass is 9.97. The van der Waals surface area contributed by atoms with Gasteiger partial charge in [0.15, 0.2) is 5.76 Å². The van der Waals surface area contributed by atoms with Crippen LogP contribution in [-0.4, -0.2) is 39.0 Å². The molecular weight excluding hydrogens is 516 g/mol. The second-order valence-electron chi connectivity index (χ2n) is 9.19. The Labute approximate surface area is 228 Å². The van der Waals surface area contributed by atoms with E-state index in [9.17, 15) is 4.79 Å². The molecule has 0 saturated carbocycles. The Balaban J connectivity index is 1.08. The van der Waals surface area contributed by atoms with E-state index in [4.69, 9.17) is 13.9 Å². The average molecular weight is 543 g/mol. The molecule has 0 spiro atoms. The second-order valence-corrected chi connectivity index (χ2v) is 11.1. The molecule has 0 atom stereocenters. The summed E-state index contributed by atoms with van der Waals surface area (Å²) in [6.07, 6.45) is 3.51. The van der Waals surface area contributed by atoms with E-state index in [1.807, 2.05) is 66.4 Å². The number of hydrogen-bond acceptors (Lipinski definition) is 8. The lowest BCUT2D eigenvalue weighted by Crippen LogP contribution is -2.37. The molecule has 192 valence electrons. The molecule has 4 aromatic heterocycles. The highest BCUT2D eigenvalue weighted by atomic mass is 32.2. The Morgan fingerprint density at radius 1 is 1.08 bits per heavy atom. The third-order valence-corrected chi connectivity index (χ3v) is 8.67. The first kappa shape index (κ1) is 24.6. The van der Waals surface area contributed by atoms with Gasteiger partial charge in [-0.1, -0.05) is 53.3 Å². The van der Waals surface area contributed by atoms with Crippen LogP contribution in [-0.2, 0) is 5.75 Å². The zero-order valence-corrected chi connectivity index (χ0v) is 22.5. The number of aryl methyl sites for hydroxylation is 1. The zero-order chi connectivity index (χ0) is 25.9. The summed E-state index contributed by atoms with van der Waals surface area (Å²) in [6.45, 7) is 3.28. The summed E-state index contributed by atoms with van der Waals surface area (Å²) >= 11 is 3.26. The molecule has 0 aliphatic carbocycles. The van der Waals surface area contributed by atoms with Crippen LogP contribution in [0.5, 0.6) is 0 Å². The van der Waals surface area contributed by atoms with Crippen molar-refractivity contribution in [3.63, 3.8) is 0 Å².